The molecule has 1 aromatic heterocycles. The van der Waals surface area contributed by atoms with Gasteiger partial charge in [0, 0.05) is 39.6 Å². The molecule has 7 heteroatoms. The number of benzene rings is 1. The second-order valence-corrected chi connectivity index (χ2v) is 7.57. The Morgan fingerprint density at radius 2 is 1.68 bits per heavy atom. The maximum Gasteiger partial charge on any atom is 0.244 e. The van der Waals surface area contributed by atoms with Crippen LogP contribution in [-0.4, -0.2) is 38.9 Å². The molecule has 2 aromatic rings. The average Bonchev–Trinajstić information content (AvgIpc) is 2.48. The predicted octanol–water partition coefficient (Wildman–Crippen LogP) is 2.62. The highest BCUT2D eigenvalue weighted by atomic mass is 35.5. The van der Waals surface area contributed by atoms with E-state index in [1.807, 2.05) is 43.3 Å². The largest absolute Gasteiger partial charge is 0.378 e. The minimum absolute atomic E-state index is 0.129. The number of nitrogens with zero attached hydrogens (tertiary/aromatic N) is 3. The number of hydrogen-bond acceptors (Lipinski definition) is 4. The molecule has 0 N–H and O–H groups in total. The molecule has 0 bridgehead atoms. The molecule has 1 aromatic carbocycles. The second-order valence-electron chi connectivity index (χ2n) is 5.14. The van der Waals surface area contributed by atoms with E-state index < -0.39 is 10.0 Å². The van der Waals surface area contributed by atoms with Crippen molar-refractivity contribution in [2.24, 2.45) is 0 Å². The number of pyridine rings is 1. The molecule has 5 nitrogen and oxygen atoms in total. The first-order valence-corrected chi connectivity index (χ1v) is 8.46. The summed E-state index contributed by atoms with van der Waals surface area (Å²) in [5.41, 5.74) is 1.98. The first-order chi connectivity index (χ1) is 10.3. The van der Waals surface area contributed by atoms with Crippen LogP contribution < -0.4 is 4.90 Å². The number of halogens is 1. The van der Waals surface area contributed by atoms with Crippen LogP contribution >= 0.6 is 11.6 Å². The Bertz CT molecular complexity index is 728. The second kappa shape index (κ2) is 6.64. The summed E-state index contributed by atoms with van der Waals surface area (Å²) in [6.07, 6.45) is 1.27. The molecule has 0 aliphatic heterocycles. The third kappa shape index (κ3) is 3.76. The number of rotatable bonds is 5. The normalized spacial score (nSPS) is 11.7. The molecular weight excluding hydrogens is 322 g/mol. The summed E-state index contributed by atoms with van der Waals surface area (Å²) in [5.74, 6) is 0. The Kier molecular flexibility index (Phi) is 5.05. The van der Waals surface area contributed by atoms with Crippen LogP contribution in [0.2, 0.25) is 5.15 Å². The van der Waals surface area contributed by atoms with Gasteiger partial charge in [0.05, 0.1) is 0 Å². The maximum absolute atomic E-state index is 12.5. The van der Waals surface area contributed by atoms with Gasteiger partial charge in [-0.1, -0.05) is 23.7 Å². The fraction of sp³-hybridized carbons (Fsp3) is 0.267. The van der Waals surface area contributed by atoms with Gasteiger partial charge in [0.2, 0.25) is 10.0 Å². The van der Waals surface area contributed by atoms with Gasteiger partial charge in [-0.15, -0.1) is 0 Å². The molecular formula is C15H18ClN3O2S. The Labute approximate surface area is 136 Å². The van der Waals surface area contributed by atoms with Crippen LogP contribution in [0.4, 0.5) is 5.69 Å². The van der Waals surface area contributed by atoms with Gasteiger partial charge < -0.3 is 4.90 Å². The third-order valence-electron chi connectivity index (χ3n) is 3.27. The molecule has 22 heavy (non-hydrogen) atoms. The summed E-state index contributed by atoms with van der Waals surface area (Å²) < 4.78 is 26.2. The Morgan fingerprint density at radius 1 is 1.05 bits per heavy atom. The topological polar surface area (TPSA) is 53.5 Å². The van der Waals surface area contributed by atoms with Crippen LogP contribution in [-0.2, 0) is 16.6 Å². The van der Waals surface area contributed by atoms with E-state index in [0.717, 1.165) is 11.3 Å². The Hall–Kier alpha value is -1.63. The van der Waals surface area contributed by atoms with Gasteiger partial charge in [0.15, 0.2) is 0 Å². The van der Waals surface area contributed by atoms with E-state index in [0.29, 0.717) is 6.54 Å². The molecule has 0 aliphatic carbocycles. The molecule has 0 aliphatic rings. The van der Waals surface area contributed by atoms with Crippen LogP contribution in [0.1, 0.15) is 5.56 Å². The fourth-order valence-corrected chi connectivity index (χ4v) is 3.15. The third-order valence-corrected chi connectivity index (χ3v) is 5.28. The fourth-order valence-electron chi connectivity index (χ4n) is 1.94. The van der Waals surface area contributed by atoms with Gasteiger partial charge in [0.1, 0.15) is 10.0 Å². The van der Waals surface area contributed by atoms with E-state index in [1.54, 1.807) is 7.05 Å². The maximum atomic E-state index is 12.5. The van der Waals surface area contributed by atoms with Gasteiger partial charge in [-0.25, -0.2) is 13.4 Å². The summed E-state index contributed by atoms with van der Waals surface area (Å²) in [5, 5.41) is 0.265. The minimum atomic E-state index is -3.58. The molecule has 1 heterocycles. The van der Waals surface area contributed by atoms with Crippen molar-refractivity contribution >= 4 is 27.3 Å². The Morgan fingerprint density at radius 3 is 2.18 bits per heavy atom. The van der Waals surface area contributed by atoms with Crippen LogP contribution in [0.5, 0.6) is 0 Å². The molecule has 118 valence electrons. The zero-order valence-electron chi connectivity index (χ0n) is 12.7. The van der Waals surface area contributed by atoms with Gasteiger partial charge in [0.25, 0.3) is 0 Å². The monoisotopic (exact) mass is 339 g/mol. The quantitative estimate of drug-likeness (QED) is 0.786. The van der Waals surface area contributed by atoms with Crippen molar-refractivity contribution in [2.75, 3.05) is 26.0 Å². The zero-order valence-corrected chi connectivity index (χ0v) is 14.3. The molecule has 0 saturated carbocycles. The SMILES string of the molecule is CN(C)c1ccc(CN(C)S(=O)(=O)c2ccc(Cl)nc2)cc1. The lowest BCUT2D eigenvalue weighted by molar-refractivity contribution is 0.466. The molecule has 0 spiro atoms. The lowest BCUT2D eigenvalue weighted by Gasteiger charge is -2.18. The van der Waals surface area contributed by atoms with Crippen molar-refractivity contribution in [3.63, 3.8) is 0 Å². The number of anilines is 1. The highest BCUT2D eigenvalue weighted by Crippen LogP contribution is 2.19. The van der Waals surface area contributed by atoms with E-state index in [1.165, 1.54) is 22.6 Å². The van der Waals surface area contributed by atoms with Crippen LogP contribution in [0.25, 0.3) is 0 Å². The van der Waals surface area contributed by atoms with Gasteiger partial charge >= 0.3 is 0 Å². The van der Waals surface area contributed by atoms with Gasteiger partial charge in [-0.05, 0) is 29.8 Å². The van der Waals surface area contributed by atoms with Crippen molar-refractivity contribution in [3.05, 3.63) is 53.3 Å². The minimum Gasteiger partial charge on any atom is -0.378 e. The smallest absolute Gasteiger partial charge is 0.244 e. The number of sulfonamides is 1. The highest BCUT2D eigenvalue weighted by Gasteiger charge is 2.21. The van der Waals surface area contributed by atoms with Crippen molar-refractivity contribution in [1.82, 2.24) is 9.29 Å². The average molecular weight is 340 g/mol. The molecule has 0 atom stereocenters. The first kappa shape index (κ1) is 16.7. The van der Waals surface area contributed by atoms with E-state index in [4.69, 9.17) is 11.6 Å². The molecule has 0 radical (unpaired) electrons. The van der Waals surface area contributed by atoms with Crippen molar-refractivity contribution in [3.8, 4) is 0 Å². The van der Waals surface area contributed by atoms with Crippen LogP contribution in [0.15, 0.2) is 47.5 Å². The summed E-state index contributed by atoms with van der Waals surface area (Å²) in [7, 11) is 1.88. The van der Waals surface area contributed by atoms with E-state index in [9.17, 15) is 8.42 Å². The van der Waals surface area contributed by atoms with Crippen LogP contribution in [0, 0.1) is 0 Å². The zero-order chi connectivity index (χ0) is 16.3. The van der Waals surface area contributed by atoms with Crippen molar-refractivity contribution < 1.29 is 8.42 Å². The lowest BCUT2D eigenvalue weighted by Crippen LogP contribution is -2.26. The Balaban J connectivity index is 2.17. The molecule has 0 saturated heterocycles. The van der Waals surface area contributed by atoms with Gasteiger partial charge in [-0.3, -0.25) is 0 Å². The molecule has 2 rings (SSSR count). The molecule has 0 fully saturated rings. The predicted molar refractivity (Wildman–Crippen MR) is 88.7 cm³/mol. The summed E-state index contributed by atoms with van der Waals surface area (Å²) in [6.45, 7) is 0.290. The summed E-state index contributed by atoms with van der Waals surface area (Å²) >= 11 is 5.69. The molecule has 0 amide bonds. The highest BCUT2D eigenvalue weighted by molar-refractivity contribution is 7.89. The first-order valence-electron chi connectivity index (χ1n) is 6.65. The van der Waals surface area contributed by atoms with E-state index in [2.05, 4.69) is 4.98 Å². The number of hydrogen-bond donors (Lipinski definition) is 0. The van der Waals surface area contributed by atoms with E-state index >= 15 is 0 Å². The standard InChI is InChI=1S/C15H18ClN3O2S/c1-18(2)13-6-4-12(5-7-13)11-19(3)22(20,21)14-8-9-15(16)17-10-14/h4-10H,11H2,1-3H3. The van der Waals surface area contributed by atoms with Crippen LogP contribution in [0.3, 0.4) is 0 Å². The van der Waals surface area contributed by atoms with Crippen molar-refractivity contribution in [1.29, 1.82) is 0 Å². The summed E-state index contributed by atoms with van der Waals surface area (Å²) in [4.78, 5) is 5.94. The number of aromatic nitrogens is 1. The molecule has 0 unspecified atom stereocenters. The van der Waals surface area contributed by atoms with Gasteiger partial charge in [-0.2, -0.15) is 4.31 Å². The summed E-state index contributed by atoms with van der Waals surface area (Å²) in [6, 6.07) is 10.7. The van der Waals surface area contributed by atoms with Crippen molar-refractivity contribution in [2.45, 2.75) is 11.4 Å². The van der Waals surface area contributed by atoms with E-state index in [-0.39, 0.29) is 10.0 Å². The lowest BCUT2D eigenvalue weighted by atomic mass is 10.2.